The molecule has 0 spiro atoms. The summed E-state index contributed by atoms with van der Waals surface area (Å²) in [4.78, 5) is 0. The van der Waals surface area contributed by atoms with Gasteiger partial charge in [-0.15, -0.1) is 0 Å². The number of aliphatic hydroxyl groups excluding tert-OH is 4. The van der Waals surface area contributed by atoms with Gasteiger partial charge in [0.05, 0.1) is 6.61 Å². The van der Waals surface area contributed by atoms with Crippen LogP contribution in [0, 0.1) is 0 Å². The van der Waals surface area contributed by atoms with Crippen molar-refractivity contribution in [2.45, 2.75) is 30.6 Å². The van der Waals surface area contributed by atoms with Crippen LogP contribution in [0.4, 0.5) is 5.69 Å². The second-order valence-corrected chi connectivity index (χ2v) is 5.25. The monoisotopic (exact) mass is 329 g/mol. The summed E-state index contributed by atoms with van der Waals surface area (Å²) in [6.45, 7) is -0.490. The maximum Gasteiger partial charge on any atom is 0.185 e. The van der Waals surface area contributed by atoms with E-state index in [1.165, 1.54) is 0 Å². The van der Waals surface area contributed by atoms with Crippen molar-refractivity contribution >= 4 is 23.0 Å². The van der Waals surface area contributed by atoms with Gasteiger partial charge in [0, 0.05) is 5.69 Å². The van der Waals surface area contributed by atoms with E-state index in [0.717, 1.165) is 5.69 Å². The average molecular weight is 329 g/mol. The first-order valence-electron chi connectivity index (χ1n) is 6.71. The Balaban J connectivity index is 1.86. The van der Waals surface area contributed by atoms with Crippen LogP contribution in [0.3, 0.4) is 0 Å². The van der Waals surface area contributed by atoms with Gasteiger partial charge in [-0.05, 0) is 24.4 Å². The summed E-state index contributed by atoms with van der Waals surface area (Å²) in [5.74, 6) is 0. The van der Waals surface area contributed by atoms with Gasteiger partial charge < -0.3 is 30.5 Å². The van der Waals surface area contributed by atoms with E-state index in [9.17, 15) is 15.3 Å². The Morgan fingerprint density at radius 3 is 2.41 bits per heavy atom. The maximum atomic E-state index is 9.84. The smallest absolute Gasteiger partial charge is 0.185 e. The summed E-state index contributed by atoms with van der Waals surface area (Å²) in [6.07, 6.45) is -6.25. The SMILES string of the molecule is OC[C@H]1O[C@H](NNC(=S)Nc2ccccc2)[C@H](O)[C@@H](O)[C@@H]1O. The van der Waals surface area contributed by atoms with Crippen LogP contribution in [-0.2, 0) is 4.74 Å². The van der Waals surface area contributed by atoms with Crippen molar-refractivity contribution in [2.24, 2.45) is 0 Å². The fourth-order valence-corrected chi connectivity index (χ4v) is 2.22. The Labute approximate surface area is 132 Å². The number of thiocarbonyl (C=S) groups is 1. The van der Waals surface area contributed by atoms with Crippen LogP contribution in [0.5, 0.6) is 0 Å². The highest BCUT2D eigenvalue weighted by atomic mass is 32.1. The third-order valence-electron chi connectivity index (χ3n) is 3.25. The second kappa shape index (κ2) is 7.79. The van der Waals surface area contributed by atoms with E-state index in [-0.39, 0.29) is 5.11 Å². The lowest BCUT2D eigenvalue weighted by molar-refractivity contribution is -0.238. The van der Waals surface area contributed by atoms with Gasteiger partial charge in [0.25, 0.3) is 0 Å². The predicted octanol–water partition coefficient (Wildman–Crippen LogP) is -1.72. The van der Waals surface area contributed by atoms with Gasteiger partial charge in [0.15, 0.2) is 11.3 Å². The predicted molar refractivity (Wildman–Crippen MR) is 82.7 cm³/mol. The number of benzene rings is 1. The molecule has 0 bridgehead atoms. The molecule has 0 amide bonds. The highest BCUT2D eigenvalue weighted by Crippen LogP contribution is 2.19. The van der Waals surface area contributed by atoms with Gasteiger partial charge in [-0.3, -0.25) is 5.43 Å². The zero-order valence-corrected chi connectivity index (χ0v) is 12.4. The van der Waals surface area contributed by atoms with Gasteiger partial charge in [-0.1, -0.05) is 18.2 Å². The second-order valence-electron chi connectivity index (χ2n) is 4.84. The largest absolute Gasteiger partial charge is 0.394 e. The quantitative estimate of drug-likeness (QED) is 0.255. The third-order valence-corrected chi connectivity index (χ3v) is 3.46. The van der Waals surface area contributed by atoms with Crippen molar-refractivity contribution in [3.8, 4) is 0 Å². The molecule has 7 N–H and O–H groups in total. The van der Waals surface area contributed by atoms with Gasteiger partial charge in [0.1, 0.15) is 24.4 Å². The van der Waals surface area contributed by atoms with Crippen molar-refractivity contribution in [2.75, 3.05) is 11.9 Å². The topological polar surface area (TPSA) is 126 Å². The number of hydrazine groups is 1. The Morgan fingerprint density at radius 2 is 1.77 bits per heavy atom. The Morgan fingerprint density at radius 1 is 1.09 bits per heavy atom. The first kappa shape index (κ1) is 17.0. The molecular weight excluding hydrogens is 310 g/mol. The van der Waals surface area contributed by atoms with E-state index in [4.69, 9.17) is 22.1 Å². The summed E-state index contributed by atoms with van der Waals surface area (Å²) in [6, 6.07) is 9.20. The van der Waals surface area contributed by atoms with E-state index in [0.29, 0.717) is 0 Å². The number of rotatable bonds is 4. The summed E-state index contributed by atoms with van der Waals surface area (Å²) >= 11 is 5.07. The lowest BCUT2D eigenvalue weighted by Crippen LogP contribution is -2.65. The molecule has 1 aromatic rings. The third kappa shape index (κ3) is 4.11. The molecule has 1 aromatic carbocycles. The molecule has 5 atom stereocenters. The minimum atomic E-state index is -1.44. The summed E-state index contributed by atoms with van der Waals surface area (Å²) in [7, 11) is 0. The maximum absolute atomic E-state index is 9.84. The Kier molecular flexibility index (Phi) is 6.03. The molecule has 0 aromatic heterocycles. The molecule has 9 heteroatoms. The molecule has 0 radical (unpaired) electrons. The van der Waals surface area contributed by atoms with E-state index in [1.54, 1.807) is 0 Å². The number of ether oxygens (including phenoxy) is 1. The standard InChI is InChI=1S/C13H19N3O5S/c17-6-8-9(18)10(19)11(20)12(21-8)15-16-13(22)14-7-4-2-1-3-5-7/h1-5,8-12,15,17-20H,6H2,(H2,14,16,22)/t8-,9-,10+,11-,12+/m1/s1. The molecule has 1 saturated heterocycles. The molecule has 8 nitrogen and oxygen atoms in total. The number of nitrogens with one attached hydrogen (secondary N) is 3. The van der Waals surface area contributed by atoms with Crippen molar-refractivity contribution in [1.29, 1.82) is 0 Å². The molecular formula is C13H19N3O5S. The van der Waals surface area contributed by atoms with Crippen molar-refractivity contribution in [3.63, 3.8) is 0 Å². The molecule has 0 aliphatic carbocycles. The molecule has 0 unspecified atom stereocenters. The van der Waals surface area contributed by atoms with E-state index < -0.39 is 37.3 Å². The molecule has 122 valence electrons. The molecule has 1 heterocycles. The normalized spacial score (nSPS) is 31.5. The van der Waals surface area contributed by atoms with Crippen molar-refractivity contribution in [1.82, 2.24) is 10.9 Å². The molecule has 1 aliphatic heterocycles. The minimum absolute atomic E-state index is 0.225. The lowest BCUT2D eigenvalue weighted by atomic mass is 9.99. The van der Waals surface area contributed by atoms with Crippen molar-refractivity contribution in [3.05, 3.63) is 30.3 Å². The fraction of sp³-hybridized carbons (Fsp3) is 0.462. The van der Waals surface area contributed by atoms with Crippen LogP contribution < -0.4 is 16.2 Å². The highest BCUT2D eigenvalue weighted by molar-refractivity contribution is 7.80. The molecule has 2 rings (SSSR count). The van der Waals surface area contributed by atoms with Crippen LogP contribution in [0.1, 0.15) is 0 Å². The number of hydrogen-bond donors (Lipinski definition) is 7. The number of hydrogen-bond acceptors (Lipinski definition) is 7. The van der Waals surface area contributed by atoms with Crippen LogP contribution in [-0.4, -0.2) is 62.8 Å². The number of para-hydroxylation sites is 1. The van der Waals surface area contributed by atoms with Gasteiger partial charge in [0.2, 0.25) is 0 Å². The van der Waals surface area contributed by atoms with Crippen LogP contribution >= 0.6 is 12.2 Å². The zero-order valence-electron chi connectivity index (χ0n) is 11.6. The summed E-state index contributed by atoms with van der Waals surface area (Å²) in [5, 5.41) is 41.4. The van der Waals surface area contributed by atoms with Gasteiger partial charge >= 0.3 is 0 Å². The Bertz CT molecular complexity index is 490. The molecule has 1 fully saturated rings. The van der Waals surface area contributed by atoms with Gasteiger partial charge in [-0.25, -0.2) is 5.43 Å². The number of anilines is 1. The first-order valence-corrected chi connectivity index (χ1v) is 7.12. The average Bonchev–Trinajstić information content (AvgIpc) is 2.53. The van der Waals surface area contributed by atoms with Crippen molar-refractivity contribution < 1.29 is 25.2 Å². The lowest BCUT2D eigenvalue weighted by Gasteiger charge is -2.40. The highest BCUT2D eigenvalue weighted by Gasteiger charge is 2.43. The number of aliphatic hydroxyl groups is 4. The summed E-state index contributed by atoms with van der Waals surface area (Å²) < 4.78 is 5.26. The van der Waals surface area contributed by atoms with E-state index >= 15 is 0 Å². The van der Waals surface area contributed by atoms with Crippen LogP contribution in [0.2, 0.25) is 0 Å². The molecule has 0 saturated carbocycles. The van der Waals surface area contributed by atoms with E-state index in [1.807, 2.05) is 30.3 Å². The van der Waals surface area contributed by atoms with Gasteiger partial charge in [-0.2, -0.15) is 0 Å². The van der Waals surface area contributed by atoms with Crippen LogP contribution in [0.25, 0.3) is 0 Å². The minimum Gasteiger partial charge on any atom is -0.394 e. The zero-order chi connectivity index (χ0) is 16.1. The molecule has 1 aliphatic rings. The first-order chi connectivity index (χ1) is 10.5. The van der Waals surface area contributed by atoms with E-state index in [2.05, 4.69) is 16.2 Å². The fourth-order valence-electron chi connectivity index (χ4n) is 2.04. The Hall–Kier alpha value is -1.33. The molecule has 22 heavy (non-hydrogen) atoms. The summed E-state index contributed by atoms with van der Waals surface area (Å²) in [5.41, 5.74) is 5.99. The van der Waals surface area contributed by atoms with Crippen LogP contribution in [0.15, 0.2) is 30.3 Å².